The van der Waals surface area contributed by atoms with E-state index in [2.05, 4.69) is 20.8 Å². The van der Waals surface area contributed by atoms with Crippen LogP contribution < -0.4 is 10.6 Å². The third-order valence-electron chi connectivity index (χ3n) is 3.90. The van der Waals surface area contributed by atoms with Gasteiger partial charge in [0.1, 0.15) is 5.82 Å². The van der Waals surface area contributed by atoms with Crippen molar-refractivity contribution in [2.24, 2.45) is 0 Å². The molecule has 28 heavy (non-hydrogen) atoms. The normalized spacial score (nSPS) is 10.6. The van der Waals surface area contributed by atoms with Crippen molar-refractivity contribution in [3.05, 3.63) is 65.9 Å². The molecule has 2 N–H and O–H groups in total. The number of aromatic nitrogens is 3. The van der Waals surface area contributed by atoms with Gasteiger partial charge in [-0.1, -0.05) is 42.1 Å². The van der Waals surface area contributed by atoms with Gasteiger partial charge in [0.2, 0.25) is 5.91 Å². The molecule has 3 aromatic rings. The van der Waals surface area contributed by atoms with Gasteiger partial charge in [0.15, 0.2) is 10.9 Å². The molecule has 0 unspecified atom stereocenters. The lowest BCUT2D eigenvalue weighted by atomic mass is 10.2. The fourth-order valence-electron chi connectivity index (χ4n) is 2.47. The Balaban J connectivity index is 1.42. The minimum absolute atomic E-state index is 0.135. The van der Waals surface area contributed by atoms with Crippen molar-refractivity contribution < 1.29 is 14.0 Å². The molecule has 2 aromatic heterocycles. The number of hydrogen-bond acceptors (Lipinski definition) is 6. The van der Waals surface area contributed by atoms with Gasteiger partial charge in [-0.15, -0.1) is 10.2 Å². The number of carbonyl (C=O) groups is 2. The Morgan fingerprint density at radius 1 is 1.07 bits per heavy atom. The van der Waals surface area contributed by atoms with Crippen LogP contribution in [-0.4, -0.2) is 45.4 Å². The molecule has 0 spiro atoms. The number of hydrogen-bond donors (Lipinski definition) is 2. The average molecular weight is 399 g/mol. The zero-order valence-electron chi connectivity index (χ0n) is 15.4. The second-order valence-electron chi connectivity index (χ2n) is 5.97. The van der Waals surface area contributed by atoms with E-state index in [1.54, 1.807) is 12.1 Å². The Labute approximate surface area is 166 Å². The molecule has 0 atom stereocenters. The van der Waals surface area contributed by atoms with E-state index in [9.17, 15) is 9.59 Å². The first kappa shape index (κ1) is 19.7. The predicted octanol–water partition coefficient (Wildman–Crippen LogP) is 1.87. The molecule has 1 aromatic carbocycles. The summed E-state index contributed by atoms with van der Waals surface area (Å²) in [6.07, 6.45) is 1.44. The summed E-state index contributed by atoms with van der Waals surface area (Å²) in [6, 6.07) is 13.2. The van der Waals surface area contributed by atoms with Gasteiger partial charge < -0.3 is 19.6 Å². The van der Waals surface area contributed by atoms with Gasteiger partial charge in [-0.3, -0.25) is 9.59 Å². The highest BCUT2D eigenvalue weighted by atomic mass is 32.2. The Morgan fingerprint density at radius 2 is 1.86 bits per heavy atom. The second kappa shape index (κ2) is 9.75. The van der Waals surface area contributed by atoms with Crippen molar-refractivity contribution in [2.75, 3.05) is 18.8 Å². The topological polar surface area (TPSA) is 102 Å². The molecule has 0 bridgehead atoms. The summed E-state index contributed by atoms with van der Waals surface area (Å²) in [5, 5.41) is 14.4. The zero-order chi connectivity index (χ0) is 19.8. The molecule has 0 aliphatic heterocycles. The van der Waals surface area contributed by atoms with Crippen LogP contribution in [0.5, 0.6) is 0 Å². The number of nitrogens with zero attached hydrogens (tertiary/aromatic N) is 3. The van der Waals surface area contributed by atoms with Gasteiger partial charge in [-0.05, 0) is 24.6 Å². The SMILES string of the molecule is Cc1nnc(SCC(=O)NCCNC(=O)c2ccco2)n1Cc1ccccc1. The maximum Gasteiger partial charge on any atom is 0.287 e. The standard InChI is InChI=1S/C19H21N5O3S/c1-14-22-23-19(24(14)12-15-6-3-2-4-7-15)28-13-17(25)20-9-10-21-18(26)16-8-5-11-27-16/h2-8,11H,9-10,12-13H2,1H3,(H,20,25)(H,21,26). The predicted molar refractivity (Wildman–Crippen MR) is 105 cm³/mol. The van der Waals surface area contributed by atoms with Crippen molar-refractivity contribution >= 4 is 23.6 Å². The van der Waals surface area contributed by atoms with E-state index in [0.29, 0.717) is 24.8 Å². The fraction of sp³-hybridized carbons (Fsp3) is 0.263. The summed E-state index contributed by atoms with van der Waals surface area (Å²) in [4.78, 5) is 23.8. The number of furan rings is 1. The zero-order valence-corrected chi connectivity index (χ0v) is 16.2. The molecule has 0 fully saturated rings. The number of aryl methyl sites for hydroxylation is 1. The second-order valence-corrected chi connectivity index (χ2v) is 6.92. The molecule has 0 aliphatic carbocycles. The molecule has 0 aliphatic rings. The average Bonchev–Trinajstić information content (AvgIpc) is 3.36. The van der Waals surface area contributed by atoms with E-state index >= 15 is 0 Å². The number of nitrogens with one attached hydrogen (secondary N) is 2. The molecule has 0 saturated heterocycles. The highest BCUT2D eigenvalue weighted by Crippen LogP contribution is 2.18. The Hall–Kier alpha value is -3.07. The lowest BCUT2D eigenvalue weighted by Gasteiger charge is -2.09. The van der Waals surface area contributed by atoms with E-state index in [0.717, 1.165) is 11.4 Å². The number of amides is 2. The highest BCUT2D eigenvalue weighted by Gasteiger charge is 2.12. The number of benzene rings is 1. The van der Waals surface area contributed by atoms with E-state index in [-0.39, 0.29) is 23.3 Å². The van der Waals surface area contributed by atoms with Crippen molar-refractivity contribution in [3.8, 4) is 0 Å². The first-order valence-corrected chi connectivity index (χ1v) is 9.77. The molecular formula is C19H21N5O3S. The largest absolute Gasteiger partial charge is 0.459 e. The minimum Gasteiger partial charge on any atom is -0.459 e. The summed E-state index contributed by atoms with van der Waals surface area (Å²) in [7, 11) is 0. The third kappa shape index (κ3) is 5.46. The van der Waals surface area contributed by atoms with Crippen LogP contribution in [0.15, 0.2) is 58.3 Å². The fourth-order valence-corrected chi connectivity index (χ4v) is 3.28. The van der Waals surface area contributed by atoms with Crippen LogP contribution in [0.4, 0.5) is 0 Å². The van der Waals surface area contributed by atoms with Gasteiger partial charge in [-0.2, -0.15) is 0 Å². The van der Waals surface area contributed by atoms with Gasteiger partial charge >= 0.3 is 0 Å². The van der Waals surface area contributed by atoms with E-state index < -0.39 is 0 Å². The molecule has 146 valence electrons. The van der Waals surface area contributed by atoms with Gasteiger partial charge in [0.05, 0.1) is 18.6 Å². The maximum atomic E-state index is 12.0. The third-order valence-corrected chi connectivity index (χ3v) is 4.86. The Bertz CT molecular complexity index is 909. The van der Waals surface area contributed by atoms with E-state index in [4.69, 9.17) is 4.42 Å². The van der Waals surface area contributed by atoms with Crippen LogP contribution in [-0.2, 0) is 11.3 Å². The minimum atomic E-state index is -0.307. The number of carbonyl (C=O) groups excluding carboxylic acids is 2. The van der Waals surface area contributed by atoms with Crippen LogP contribution >= 0.6 is 11.8 Å². The first-order valence-electron chi connectivity index (χ1n) is 8.78. The van der Waals surface area contributed by atoms with Crippen molar-refractivity contribution in [3.63, 3.8) is 0 Å². The van der Waals surface area contributed by atoms with Crippen LogP contribution in [0, 0.1) is 6.92 Å². The number of rotatable bonds is 9. The Morgan fingerprint density at radius 3 is 2.61 bits per heavy atom. The monoisotopic (exact) mass is 399 g/mol. The van der Waals surface area contributed by atoms with Crippen molar-refractivity contribution in [1.82, 2.24) is 25.4 Å². The van der Waals surface area contributed by atoms with Crippen LogP contribution in [0.25, 0.3) is 0 Å². The van der Waals surface area contributed by atoms with Crippen molar-refractivity contribution in [2.45, 2.75) is 18.6 Å². The molecule has 3 rings (SSSR count). The molecule has 8 nitrogen and oxygen atoms in total. The van der Waals surface area contributed by atoms with Crippen molar-refractivity contribution in [1.29, 1.82) is 0 Å². The molecule has 9 heteroatoms. The summed E-state index contributed by atoms with van der Waals surface area (Å²) >= 11 is 1.33. The van der Waals surface area contributed by atoms with Gasteiger partial charge in [0.25, 0.3) is 5.91 Å². The lowest BCUT2D eigenvalue weighted by Crippen LogP contribution is -2.35. The molecule has 2 heterocycles. The van der Waals surface area contributed by atoms with Gasteiger partial charge in [0, 0.05) is 13.1 Å². The van der Waals surface area contributed by atoms with Gasteiger partial charge in [-0.25, -0.2) is 0 Å². The molecule has 0 saturated carbocycles. The quantitative estimate of drug-likeness (QED) is 0.421. The summed E-state index contributed by atoms with van der Waals surface area (Å²) in [5.74, 6) is 0.823. The smallest absolute Gasteiger partial charge is 0.287 e. The Kier molecular flexibility index (Phi) is 6.85. The van der Waals surface area contributed by atoms with Crippen LogP contribution in [0.1, 0.15) is 21.9 Å². The number of thioether (sulfide) groups is 1. The molecule has 2 amide bonds. The van der Waals surface area contributed by atoms with Crippen LogP contribution in [0.2, 0.25) is 0 Å². The highest BCUT2D eigenvalue weighted by molar-refractivity contribution is 7.99. The lowest BCUT2D eigenvalue weighted by molar-refractivity contribution is -0.118. The maximum absolute atomic E-state index is 12.0. The van der Waals surface area contributed by atoms with Crippen LogP contribution in [0.3, 0.4) is 0 Å². The first-order chi connectivity index (χ1) is 13.6. The van der Waals surface area contributed by atoms with E-state index in [1.165, 1.54) is 18.0 Å². The molecule has 0 radical (unpaired) electrons. The molecular weight excluding hydrogens is 378 g/mol. The van der Waals surface area contributed by atoms with E-state index in [1.807, 2.05) is 41.8 Å². The summed E-state index contributed by atoms with van der Waals surface area (Å²) in [5.41, 5.74) is 1.14. The summed E-state index contributed by atoms with van der Waals surface area (Å²) < 4.78 is 6.98. The summed E-state index contributed by atoms with van der Waals surface area (Å²) in [6.45, 7) is 3.20.